The van der Waals surface area contributed by atoms with Gasteiger partial charge in [-0.2, -0.15) is 0 Å². The van der Waals surface area contributed by atoms with Gasteiger partial charge in [0.1, 0.15) is 11.9 Å². The first kappa shape index (κ1) is 13.3. The van der Waals surface area contributed by atoms with Crippen molar-refractivity contribution in [3.63, 3.8) is 0 Å². The number of benzene rings is 1. The summed E-state index contributed by atoms with van der Waals surface area (Å²) in [6.45, 7) is 0.611. The molecule has 0 bridgehead atoms. The maximum absolute atomic E-state index is 6.23. The lowest BCUT2D eigenvalue weighted by Gasteiger charge is -2.33. The van der Waals surface area contributed by atoms with Gasteiger partial charge >= 0.3 is 0 Å². The Kier molecular flexibility index (Phi) is 4.09. The van der Waals surface area contributed by atoms with Crippen molar-refractivity contribution in [1.29, 1.82) is 0 Å². The first-order chi connectivity index (χ1) is 9.83. The highest BCUT2D eigenvalue weighted by Gasteiger charge is 2.36. The highest BCUT2D eigenvalue weighted by Crippen LogP contribution is 2.32. The van der Waals surface area contributed by atoms with Gasteiger partial charge in [0.25, 0.3) is 6.02 Å². The maximum Gasteiger partial charge on any atom is 0.282 e. The summed E-state index contributed by atoms with van der Waals surface area (Å²) in [6.07, 6.45) is 6.30. The number of nitrogens with zero attached hydrogens (tertiary/aromatic N) is 1. The van der Waals surface area contributed by atoms with E-state index >= 15 is 0 Å². The smallest absolute Gasteiger partial charge is 0.282 e. The number of para-hydroxylation sites is 1. The highest BCUT2D eigenvalue weighted by molar-refractivity contribution is 5.73. The predicted octanol–water partition coefficient (Wildman–Crippen LogP) is 2.73. The Morgan fingerprint density at radius 2 is 1.90 bits per heavy atom. The lowest BCUT2D eigenvalue weighted by molar-refractivity contribution is 0.0109. The van der Waals surface area contributed by atoms with Crippen LogP contribution < -0.4 is 10.5 Å². The summed E-state index contributed by atoms with van der Waals surface area (Å²) >= 11 is 0. The quantitative estimate of drug-likeness (QED) is 0.918. The van der Waals surface area contributed by atoms with Gasteiger partial charge in [-0.1, -0.05) is 37.5 Å². The highest BCUT2D eigenvalue weighted by atomic mass is 16.6. The van der Waals surface area contributed by atoms with Gasteiger partial charge in [-0.25, -0.2) is 4.99 Å². The molecule has 0 aromatic heterocycles. The molecule has 1 saturated carbocycles. The third-order valence-corrected chi connectivity index (χ3v) is 4.20. The number of nitrogens with two attached hydrogens (primary N) is 1. The van der Waals surface area contributed by atoms with Crippen LogP contribution in [0, 0.1) is 5.92 Å². The molecule has 108 valence electrons. The van der Waals surface area contributed by atoms with Crippen molar-refractivity contribution in [3.8, 4) is 5.75 Å². The van der Waals surface area contributed by atoms with Crippen LogP contribution in [0.4, 0.5) is 0 Å². The average molecular weight is 274 g/mol. The van der Waals surface area contributed by atoms with Crippen molar-refractivity contribution < 1.29 is 9.47 Å². The molecule has 0 spiro atoms. The topological polar surface area (TPSA) is 56.8 Å². The van der Waals surface area contributed by atoms with Gasteiger partial charge in [0.05, 0.1) is 6.54 Å². The van der Waals surface area contributed by atoms with Crippen molar-refractivity contribution in [2.45, 2.75) is 44.3 Å². The molecule has 0 amide bonds. The van der Waals surface area contributed by atoms with E-state index in [-0.39, 0.29) is 12.2 Å². The Hall–Kier alpha value is -1.71. The zero-order chi connectivity index (χ0) is 13.8. The lowest BCUT2D eigenvalue weighted by Crippen LogP contribution is -2.42. The van der Waals surface area contributed by atoms with Crippen molar-refractivity contribution >= 4 is 6.02 Å². The summed E-state index contributed by atoms with van der Waals surface area (Å²) < 4.78 is 11.9. The van der Waals surface area contributed by atoms with Gasteiger partial charge in [-0.3, -0.25) is 0 Å². The van der Waals surface area contributed by atoms with Crippen LogP contribution in [0.15, 0.2) is 35.3 Å². The second kappa shape index (κ2) is 6.16. The van der Waals surface area contributed by atoms with Crippen LogP contribution in [0.5, 0.6) is 5.75 Å². The largest absolute Gasteiger partial charge is 0.486 e. The Morgan fingerprint density at radius 3 is 2.55 bits per heavy atom. The van der Waals surface area contributed by atoms with Crippen molar-refractivity contribution in [3.05, 3.63) is 30.3 Å². The molecule has 1 heterocycles. The molecule has 1 aromatic rings. The molecule has 4 heteroatoms. The monoisotopic (exact) mass is 274 g/mol. The molecular weight excluding hydrogens is 252 g/mol. The standard InChI is InChI=1S/C16H22N2O2/c17-16-18-11-14(20-16)15(12-7-3-1-4-8-12)19-13-9-5-2-6-10-13/h2,5-6,9-10,12,14-15H,1,3-4,7-8,11H2,(H2,17,18). The molecule has 1 aliphatic carbocycles. The summed E-state index contributed by atoms with van der Waals surface area (Å²) in [7, 11) is 0. The zero-order valence-electron chi connectivity index (χ0n) is 11.7. The number of hydrogen-bond donors (Lipinski definition) is 1. The second-order valence-corrected chi connectivity index (χ2v) is 5.63. The third kappa shape index (κ3) is 3.06. The van der Waals surface area contributed by atoms with Gasteiger partial charge in [-0.05, 0) is 30.9 Å². The summed E-state index contributed by atoms with van der Waals surface area (Å²) in [5, 5.41) is 0. The first-order valence-electron chi connectivity index (χ1n) is 7.51. The van der Waals surface area contributed by atoms with Crippen LogP contribution in [-0.2, 0) is 4.74 Å². The number of rotatable bonds is 4. The summed E-state index contributed by atoms with van der Waals surface area (Å²) in [5.74, 6) is 1.44. The fourth-order valence-electron chi connectivity index (χ4n) is 3.18. The van der Waals surface area contributed by atoms with Crippen molar-refractivity contribution in [2.24, 2.45) is 16.6 Å². The van der Waals surface area contributed by atoms with Crippen LogP contribution >= 0.6 is 0 Å². The van der Waals surface area contributed by atoms with Gasteiger partial charge in [0.2, 0.25) is 0 Å². The predicted molar refractivity (Wildman–Crippen MR) is 78.8 cm³/mol. The fraction of sp³-hybridized carbons (Fsp3) is 0.562. The molecule has 1 fully saturated rings. The molecular formula is C16H22N2O2. The minimum absolute atomic E-state index is 0.0432. The molecule has 2 atom stereocenters. The minimum Gasteiger partial charge on any atom is -0.486 e. The van der Waals surface area contributed by atoms with E-state index in [1.807, 2.05) is 30.3 Å². The van der Waals surface area contributed by atoms with Crippen LogP contribution in [0.1, 0.15) is 32.1 Å². The van der Waals surface area contributed by atoms with E-state index in [1.165, 1.54) is 32.1 Å². The van der Waals surface area contributed by atoms with Crippen LogP contribution in [0.3, 0.4) is 0 Å². The van der Waals surface area contributed by atoms with E-state index in [0.717, 1.165) is 5.75 Å². The number of aliphatic imine (C=N–C) groups is 1. The number of amidine groups is 1. The van der Waals surface area contributed by atoms with Gasteiger partial charge < -0.3 is 15.2 Å². The average Bonchev–Trinajstić information content (AvgIpc) is 2.93. The molecule has 1 aliphatic heterocycles. The van der Waals surface area contributed by atoms with Crippen molar-refractivity contribution in [1.82, 2.24) is 0 Å². The lowest BCUT2D eigenvalue weighted by atomic mass is 9.83. The Morgan fingerprint density at radius 1 is 1.15 bits per heavy atom. The zero-order valence-corrected chi connectivity index (χ0v) is 11.7. The first-order valence-corrected chi connectivity index (χ1v) is 7.51. The normalized spacial score (nSPS) is 24.8. The Labute approximate surface area is 120 Å². The van der Waals surface area contributed by atoms with E-state index in [0.29, 0.717) is 18.5 Å². The minimum atomic E-state index is -0.0432. The molecule has 2 unspecified atom stereocenters. The number of ether oxygens (including phenoxy) is 2. The summed E-state index contributed by atoms with van der Waals surface area (Å²) in [5.41, 5.74) is 5.66. The molecule has 1 aromatic carbocycles. The van der Waals surface area contributed by atoms with E-state index in [1.54, 1.807) is 0 Å². The van der Waals surface area contributed by atoms with Crippen molar-refractivity contribution in [2.75, 3.05) is 6.54 Å². The summed E-state index contributed by atoms with van der Waals surface area (Å²) in [4.78, 5) is 4.17. The molecule has 0 saturated heterocycles. The molecule has 3 rings (SSSR count). The molecule has 2 N–H and O–H groups in total. The molecule has 2 aliphatic rings. The van der Waals surface area contributed by atoms with E-state index in [4.69, 9.17) is 15.2 Å². The summed E-state index contributed by atoms with van der Waals surface area (Å²) in [6, 6.07) is 10.3. The van der Waals surface area contributed by atoms with Gasteiger partial charge in [0.15, 0.2) is 6.10 Å². The van der Waals surface area contributed by atoms with E-state index in [9.17, 15) is 0 Å². The maximum atomic E-state index is 6.23. The fourth-order valence-corrected chi connectivity index (χ4v) is 3.18. The molecule has 4 nitrogen and oxygen atoms in total. The molecule has 20 heavy (non-hydrogen) atoms. The van der Waals surface area contributed by atoms with Gasteiger partial charge in [0, 0.05) is 0 Å². The van der Waals surface area contributed by atoms with E-state index < -0.39 is 0 Å². The van der Waals surface area contributed by atoms with Crippen LogP contribution in [0.2, 0.25) is 0 Å². The van der Waals surface area contributed by atoms with Gasteiger partial charge in [-0.15, -0.1) is 0 Å². The Bertz CT molecular complexity index is 453. The molecule has 0 radical (unpaired) electrons. The SMILES string of the molecule is NC1=NCC(C(Oc2ccccc2)C2CCCCC2)O1. The Balaban J connectivity index is 1.72. The van der Waals surface area contributed by atoms with Crippen LogP contribution in [0.25, 0.3) is 0 Å². The van der Waals surface area contributed by atoms with Crippen LogP contribution in [-0.4, -0.2) is 24.8 Å². The number of hydrogen-bond acceptors (Lipinski definition) is 4. The second-order valence-electron chi connectivity index (χ2n) is 5.63. The third-order valence-electron chi connectivity index (χ3n) is 4.20. The van der Waals surface area contributed by atoms with E-state index in [2.05, 4.69) is 4.99 Å².